The Morgan fingerprint density at radius 2 is 2.36 bits per heavy atom. The summed E-state index contributed by atoms with van der Waals surface area (Å²) in [6, 6.07) is 9.79. The number of fused-ring (bicyclic) bond motifs is 1. The number of carbonyl (C=O) groups excluding carboxylic acids is 1. The molecular formula is C17H18N6O2. The number of ether oxygens (including phenoxy) is 1. The number of aromatic amines is 1. The summed E-state index contributed by atoms with van der Waals surface area (Å²) < 4.78 is 7.74. The fraction of sp³-hybridized carbons (Fsp3) is 0.294. The predicted molar refractivity (Wildman–Crippen MR) is 89.7 cm³/mol. The summed E-state index contributed by atoms with van der Waals surface area (Å²) in [5.74, 6) is -0.203. The van der Waals surface area contributed by atoms with Crippen LogP contribution >= 0.6 is 0 Å². The highest BCUT2D eigenvalue weighted by Crippen LogP contribution is 2.25. The molecule has 1 amide bonds. The van der Waals surface area contributed by atoms with Gasteiger partial charge in [0.15, 0.2) is 0 Å². The molecule has 2 N–H and O–H groups in total. The van der Waals surface area contributed by atoms with Crippen LogP contribution in [0, 0.1) is 6.92 Å². The Morgan fingerprint density at radius 3 is 3.16 bits per heavy atom. The van der Waals surface area contributed by atoms with E-state index >= 15 is 0 Å². The molecule has 25 heavy (non-hydrogen) atoms. The minimum atomic E-state index is -0.203. The van der Waals surface area contributed by atoms with Crippen molar-refractivity contribution in [3.05, 3.63) is 53.5 Å². The maximum Gasteiger partial charge on any atom is 0.269 e. The zero-order chi connectivity index (χ0) is 17.2. The van der Waals surface area contributed by atoms with E-state index in [2.05, 4.69) is 31.9 Å². The van der Waals surface area contributed by atoms with E-state index in [0.717, 1.165) is 17.0 Å². The lowest BCUT2D eigenvalue weighted by Crippen LogP contribution is -2.39. The Labute approximate surface area is 144 Å². The first kappa shape index (κ1) is 15.5. The molecule has 3 heterocycles. The van der Waals surface area contributed by atoms with Gasteiger partial charge in [-0.05, 0) is 19.1 Å². The number of rotatable bonds is 4. The number of H-pyrrole nitrogens is 1. The molecule has 1 unspecified atom stereocenters. The lowest BCUT2D eigenvalue weighted by Gasteiger charge is -2.24. The van der Waals surface area contributed by atoms with E-state index in [1.54, 1.807) is 12.3 Å². The van der Waals surface area contributed by atoms with E-state index in [0.29, 0.717) is 25.4 Å². The molecule has 8 nitrogen and oxygen atoms in total. The summed E-state index contributed by atoms with van der Waals surface area (Å²) in [4.78, 5) is 11.9. The van der Waals surface area contributed by atoms with Gasteiger partial charge in [-0.3, -0.25) is 9.89 Å². The summed E-state index contributed by atoms with van der Waals surface area (Å²) in [6.07, 6.45) is 1.40. The molecule has 1 atom stereocenters. The molecule has 0 saturated carbocycles. The summed E-state index contributed by atoms with van der Waals surface area (Å²) in [6.45, 7) is 3.42. The Morgan fingerprint density at radius 1 is 1.44 bits per heavy atom. The molecule has 0 bridgehead atoms. The lowest BCUT2D eigenvalue weighted by atomic mass is 10.1. The molecule has 0 saturated heterocycles. The standard InChI is InChI=1S/C17H18N6O2/c1-11-3-2-4-12(7-11)16-15-10-25-13(9-23(15)22-21-16)8-18-17(24)14-5-6-19-20-14/h2-7,13H,8-10H2,1H3,(H,18,24)(H,19,20). The van der Waals surface area contributed by atoms with E-state index in [-0.39, 0.29) is 12.0 Å². The van der Waals surface area contributed by atoms with Gasteiger partial charge in [0.05, 0.1) is 24.9 Å². The Kier molecular flexibility index (Phi) is 4.02. The lowest BCUT2D eigenvalue weighted by molar-refractivity contribution is 0.00174. The predicted octanol–water partition coefficient (Wildman–Crippen LogP) is 1.31. The first-order valence-corrected chi connectivity index (χ1v) is 8.09. The fourth-order valence-corrected chi connectivity index (χ4v) is 2.89. The highest BCUT2D eigenvalue weighted by atomic mass is 16.5. The molecule has 0 radical (unpaired) electrons. The monoisotopic (exact) mass is 338 g/mol. The smallest absolute Gasteiger partial charge is 0.269 e. The number of nitrogens with one attached hydrogen (secondary N) is 2. The number of aryl methyl sites for hydroxylation is 1. The van der Waals surface area contributed by atoms with Crippen LogP contribution in [-0.2, 0) is 17.9 Å². The number of amides is 1. The molecule has 8 heteroatoms. The van der Waals surface area contributed by atoms with Crippen molar-refractivity contribution in [3.63, 3.8) is 0 Å². The van der Waals surface area contributed by atoms with Gasteiger partial charge in [-0.15, -0.1) is 5.10 Å². The SMILES string of the molecule is Cc1cccc(-c2nnn3c2COC(CNC(=O)c2ccn[nH]2)C3)c1. The van der Waals surface area contributed by atoms with Crippen molar-refractivity contribution < 1.29 is 9.53 Å². The van der Waals surface area contributed by atoms with Gasteiger partial charge >= 0.3 is 0 Å². The van der Waals surface area contributed by atoms with Gasteiger partial charge in [0, 0.05) is 18.3 Å². The van der Waals surface area contributed by atoms with E-state index in [1.165, 1.54) is 5.56 Å². The highest BCUT2D eigenvalue weighted by Gasteiger charge is 2.25. The fourth-order valence-electron chi connectivity index (χ4n) is 2.89. The van der Waals surface area contributed by atoms with Crippen LogP contribution in [0.3, 0.4) is 0 Å². The first-order chi connectivity index (χ1) is 12.2. The van der Waals surface area contributed by atoms with Crippen LogP contribution in [0.25, 0.3) is 11.3 Å². The topological polar surface area (TPSA) is 97.7 Å². The van der Waals surface area contributed by atoms with Crippen LogP contribution in [0.1, 0.15) is 21.7 Å². The van der Waals surface area contributed by atoms with Crippen LogP contribution in [0.15, 0.2) is 36.5 Å². The van der Waals surface area contributed by atoms with Crippen LogP contribution in [0.2, 0.25) is 0 Å². The van der Waals surface area contributed by atoms with Crippen molar-refractivity contribution in [1.29, 1.82) is 0 Å². The molecular weight excluding hydrogens is 320 g/mol. The van der Waals surface area contributed by atoms with Gasteiger partial charge in [0.1, 0.15) is 11.4 Å². The third kappa shape index (κ3) is 3.16. The van der Waals surface area contributed by atoms with E-state index < -0.39 is 0 Å². The third-order valence-electron chi connectivity index (χ3n) is 4.20. The second-order valence-corrected chi connectivity index (χ2v) is 6.05. The number of hydrogen-bond acceptors (Lipinski definition) is 5. The Hall–Kier alpha value is -3.00. The number of nitrogens with zero attached hydrogens (tertiary/aromatic N) is 4. The van der Waals surface area contributed by atoms with Gasteiger partial charge in [-0.1, -0.05) is 29.0 Å². The van der Waals surface area contributed by atoms with Crippen molar-refractivity contribution in [2.24, 2.45) is 0 Å². The molecule has 128 valence electrons. The van der Waals surface area contributed by atoms with E-state index in [9.17, 15) is 4.79 Å². The van der Waals surface area contributed by atoms with Gasteiger partial charge < -0.3 is 10.1 Å². The van der Waals surface area contributed by atoms with Crippen molar-refractivity contribution in [2.45, 2.75) is 26.2 Å². The minimum Gasteiger partial charge on any atom is -0.368 e. The first-order valence-electron chi connectivity index (χ1n) is 8.09. The number of benzene rings is 1. The Balaban J connectivity index is 1.43. The Bertz CT molecular complexity index is 886. The van der Waals surface area contributed by atoms with E-state index in [1.807, 2.05) is 29.8 Å². The maximum absolute atomic E-state index is 11.9. The zero-order valence-corrected chi connectivity index (χ0v) is 13.8. The van der Waals surface area contributed by atoms with Crippen LogP contribution in [0.4, 0.5) is 0 Å². The largest absolute Gasteiger partial charge is 0.368 e. The molecule has 0 spiro atoms. The average molecular weight is 338 g/mol. The molecule has 2 aromatic heterocycles. The summed E-state index contributed by atoms with van der Waals surface area (Å²) >= 11 is 0. The summed E-state index contributed by atoms with van der Waals surface area (Å²) in [5, 5.41) is 17.8. The third-order valence-corrected chi connectivity index (χ3v) is 4.20. The van der Waals surface area contributed by atoms with E-state index in [4.69, 9.17) is 4.74 Å². The molecule has 0 aliphatic carbocycles. The number of carbonyl (C=O) groups is 1. The average Bonchev–Trinajstić information content (AvgIpc) is 3.29. The minimum absolute atomic E-state index is 0.147. The maximum atomic E-state index is 11.9. The molecule has 3 aromatic rings. The van der Waals surface area contributed by atoms with Gasteiger partial charge in [0.2, 0.25) is 0 Å². The van der Waals surface area contributed by atoms with Gasteiger partial charge in [0.25, 0.3) is 5.91 Å². The van der Waals surface area contributed by atoms with Crippen molar-refractivity contribution in [1.82, 2.24) is 30.5 Å². The van der Waals surface area contributed by atoms with Crippen molar-refractivity contribution >= 4 is 5.91 Å². The second kappa shape index (κ2) is 6.48. The highest BCUT2D eigenvalue weighted by molar-refractivity contribution is 5.92. The number of hydrogen-bond donors (Lipinski definition) is 2. The second-order valence-electron chi connectivity index (χ2n) is 6.05. The van der Waals surface area contributed by atoms with Crippen LogP contribution < -0.4 is 5.32 Å². The van der Waals surface area contributed by atoms with Crippen LogP contribution in [0.5, 0.6) is 0 Å². The summed E-state index contributed by atoms with van der Waals surface area (Å²) in [7, 11) is 0. The molecule has 4 rings (SSSR count). The van der Waals surface area contributed by atoms with Crippen molar-refractivity contribution in [2.75, 3.05) is 6.54 Å². The molecule has 0 fully saturated rings. The van der Waals surface area contributed by atoms with Gasteiger partial charge in [-0.25, -0.2) is 4.68 Å². The summed E-state index contributed by atoms with van der Waals surface area (Å²) in [5.41, 5.74) is 4.45. The van der Waals surface area contributed by atoms with Crippen LogP contribution in [-0.4, -0.2) is 43.7 Å². The number of aromatic nitrogens is 5. The van der Waals surface area contributed by atoms with Crippen molar-refractivity contribution in [3.8, 4) is 11.3 Å². The normalized spacial score (nSPS) is 16.4. The molecule has 1 aliphatic heterocycles. The van der Waals surface area contributed by atoms with Gasteiger partial charge in [-0.2, -0.15) is 5.10 Å². The molecule has 1 aromatic carbocycles. The quantitative estimate of drug-likeness (QED) is 0.747. The molecule has 1 aliphatic rings. The zero-order valence-electron chi connectivity index (χ0n) is 13.8.